The van der Waals surface area contributed by atoms with Crippen LogP contribution in [0.25, 0.3) is 10.9 Å². The predicted molar refractivity (Wildman–Crippen MR) is 104 cm³/mol. The van der Waals surface area contributed by atoms with Gasteiger partial charge in [-0.2, -0.15) is 0 Å². The first-order valence-corrected chi connectivity index (χ1v) is 9.95. The molecular weight excluding hydrogens is 348 g/mol. The van der Waals surface area contributed by atoms with E-state index in [1.54, 1.807) is 13.8 Å². The number of H-pyrrole nitrogens is 1. The molecule has 0 radical (unpaired) electrons. The molecule has 0 aliphatic heterocycles. The molecule has 2 aromatic carbocycles. The lowest BCUT2D eigenvalue weighted by molar-refractivity contribution is 0.580. The first kappa shape index (κ1) is 18.4. The van der Waals surface area contributed by atoms with E-state index in [9.17, 15) is 13.2 Å². The number of aryl methyl sites for hydroxylation is 3. The maximum absolute atomic E-state index is 12.7. The van der Waals surface area contributed by atoms with Crippen LogP contribution in [0.5, 0.6) is 0 Å². The van der Waals surface area contributed by atoms with Crippen LogP contribution in [0.15, 0.2) is 52.2 Å². The quantitative estimate of drug-likeness (QED) is 0.725. The number of aromatic nitrogens is 1. The molecule has 0 saturated heterocycles. The number of pyridine rings is 1. The highest BCUT2D eigenvalue weighted by Crippen LogP contribution is 2.21. The normalized spacial score (nSPS) is 11.8. The monoisotopic (exact) mass is 370 g/mol. The number of benzene rings is 2. The Kier molecular flexibility index (Phi) is 4.98. The third kappa shape index (κ3) is 3.71. The van der Waals surface area contributed by atoms with Gasteiger partial charge in [0, 0.05) is 17.6 Å². The summed E-state index contributed by atoms with van der Waals surface area (Å²) in [6, 6.07) is 13.0. The van der Waals surface area contributed by atoms with Gasteiger partial charge in [-0.1, -0.05) is 35.9 Å². The summed E-state index contributed by atoms with van der Waals surface area (Å²) < 4.78 is 28.0. The molecule has 2 N–H and O–H groups in total. The van der Waals surface area contributed by atoms with E-state index in [1.807, 2.05) is 49.4 Å². The first-order chi connectivity index (χ1) is 12.3. The van der Waals surface area contributed by atoms with Gasteiger partial charge >= 0.3 is 0 Å². The molecule has 5 nitrogen and oxygen atoms in total. The third-order valence-electron chi connectivity index (χ3n) is 4.39. The lowest BCUT2D eigenvalue weighted by Crippen LogP contribution is -2.28. The second kappa shape index (κ2) is 7.05. The second-order valence-corrected chi connectivity index (χ2v) is 8.29. The molecule has 3 aromatic rings. The Morgan fingerprint density at radius 2 is 1.65 bits per heavy atom. The summed E-state index contributed by atoms with van der Waals surface area (Å²) in [5.41, 5.74) is 3.61. The molecule has 1 heterocycles. The topological polar surface area (TPSA) is 79.0 Å². The van der Waals surface area contributed by atoms with Gasteiger partial charge in [-0.05, 0) is 55.8 Å². The maximum atomic E-state index is 12.7. The van der Waals surface area contributed by atoms with Crippen LogP contribution in [0.3, 0.4) is 0 Å². The fraction of sp³-hybridized carbons (Fsp3) is 0.250. The summed E-state index contributed by atoms with van der Waals surface area (Å²) in [6.45, 7) is 5.69. The Morgan fingerprint density at radius 3 is 2.35 bits per heavy atom. The SMILES string of the molecule is Cc1cc(C)c(S(=O)(=O)NCCc2cc3ccccc3[nH]c2=O)c(C)c1. The fourth-order valence-corrected chi connectivity index (χ4v) is 4.84. The molecule has 26 heavy (non-hydrogen) atoms. The zero-order chi connectivity index (χ0) is 18.9. The van der Waals surface area contributed by atoms with E-state index in [0.717, 1.165) is 27.6 Å². The molecule has 0 unspecified atom stereocenters. The van der Waals surface area contributed by atoms with E-state index < -0.39 is 10.0 Å². The van der Waals surface area contributed by atoms with E-state index in [0.29, 0.717) is 16.9 Å². The Hall–Kier alpha value is -2.44. The Labute approximate surface area is 153 Å². The maximum Gasteiger partial charge on any atom is 0.251 e. The van der Waals surface area contributed by atoms with Crippen molar-refractivity contribution in [2.24, 2.45) is 0 Å². The molecule has 3 rings (SSSR count). The van der Waals surface area contributed by atoms with Crippen LogP contribution in [-0.4, -0.2) is 19.9 Å². The smallest absolute Gasteiger partial charge is 0.251 e. The molecule has 0 amide bonds. The van der Waals surface area contributed by atoms with Gasteiger partial charge in [0.05, 0.1) is 4.90 Å². The van der Waals surface area contributed by atoms with Crippen LogP contribution in [0.2, 0.25) is 0 Å². The number of aromatic amines is 1. The zero-order valence-corrected chi connectivity index (χ0v) is 15.9. The van der Waals surface area contributed by atoms with Crippen molar-refractivity contribution in [1.29, 1.82) is 0 Å². The van der Waals surface area contributed by atoms with Crippen LogP contribution in [0, 0.1) is 20.8 Å². The Bertz CT molecular complexity index is 1110. The van der Waals surface area contributed by atoms with E-state index in [4.69, 9.17) is 0 Å². The number of nitrogens with one attached hydrogen (secondary N) is 2. The molecule has 0 saturated carbocycles. The van der Waals surface area contributed by atoms with Crippen molar-refractivity contribution in [3.8, 4) is 0 Å². The summed E-state index contributed by atoms with van der Waals surface area (Å²) in [7, 11) is -3.63. The summed E-state index contributed by atoms with van der Waals surface area (Å²) in [4.78, 5) is 15.3. The largest absolute Gasteiger partial charge is 0.322 e. The van der Waals surface area contributed by atoms with Gasteiger partial charge in [-0.25, -0.2) is 13.1 Å². The van der Waals surface area contributed by atoms with Gasteiger partial charge in [0.25, 0.3) is 5.56 Å². The minimum Gasteiger partial charge on any atom is -0.322 e. The Balaban J connectivity index is 1.79. The van der Waals surface area contributed by atoms with E-state index in [-0.39, 0.29) is 12.1 Å². The summed E-state index contributed by atoms with van der Waals surface area (Å²) in [5, 5.41) is 0.926. The molecule has 6 heteroatoms. The molecule has 0 spiro atoms. The van der Waals surface area contributed by atoms with Crippen molar-refractivity contribution in [3.63, 3.8) is 0 Å². The van der Waals surface area contributed by atoms with Crippen molar-refractivity contribution in [2.45, 2.75) is 32.1 Å². The fourth-order valence-electron chi connectivity index (χ4n) is 3.36. The van der Waals surface area contributed by atoms with Gasteiger partial charge in [0.15, 0.2) is 0 Å². The van der Waals surface area contributed by atoms with Gasteiger partial charge in [-0.3, -0.25) is 4.79 Å². The van der Waals surface area contributed by atoms with E-state index in [1.165, 1.54) is 0 Å². The van der Waals surface area contributed by atoms with Crippen LogP contribution in [-0.2, 0) is 16.4 Å². The standard InChI is InChI=1S/C20H22N2O3S/c1-13-10-14(2)19(15(3)11-13)26(24,25)21-9-8-17-12-16-6-4-5-7-18(16)22-20(17)23/h4-7,10-12,21H,8-9H2,1-3H3,(H,22,23). The molecular formula is C20H22N2O3S. The summed E-state index contributed by atoms with van der Waals surface area (Å²) in [6.07, 6.45) is 0.323. The van der Waals surface area contributed by atoms with Gasteiger partial charge in [0.1, 0.15) is 0 Å². The second-order valence-electron chi connectivity index (χ2n) is 6.59. The van der Waals surface area contributed by atoms with E-state index in [2.05, 4.69) is 9.71 Å². The molecule has 0 atom stereocenters. The zero-order valence-electron chi connectivity index (χ0n) is 15.1. The van der Waals surface area contributed by atoms with E-state index >= 15 is 0 Å². The van der Waals surface area contributed by atoms with Gasteiger partial charge in [-0.15, -0.1) is 0 Å². The van der Waals surface area contributed by atoms with Crippen molar-refractivity contribution >= 4 is 20.9 Å². The number of sulfonamides is 1. The summed E-state index contributed by atoms with van der Waals surface area (Å²) in [5.74, 6) is 0. The third-order valence-corrected chi connectivity index (χ3v) is 6.16. The minimum absolute atomic E-state index is 0.163. The average molecular weight is 370 g/mol. The average Bonchev–Trinajstić information content (AvgIpc) is 2.53. The van der Waals surface area contributed by atoms with Crippen molar-refractivity contribution in [2.75, 3.05) is 6.54 Å². The summed E-state index contributed by atoms with van der Waals surface area (Å²) >= 11 is 0. The van der Waals surface area contributed by atoms with Crippen molar-refractivity contribution < 1.29 is 8.42 Å². The van der Waals surface area contributed by atoms with Crippen LogP contribution in [0.4, 0.5) is 0 Å². The lowest BCUT2D eigenvalue weighted by Gasteiger charge is -2.13. The number of rotatable bonds is 5. The molecule has 0 fully saturated rings. The molecule has 0 aliphatic rings. The molecule has 1 aromatic heterocycles. The molecule has 0 bridgehead atoms. The van der Waals surface area contributed by atoms with Crippen LogP contribution in [0.1, 0.15) is 22.3 Å². The predicted octanol–water partition coefficient (Wildman–Crippen LogP) is 2.97. The number of para-hydroxylation sites is 1. The molecule has 0 aliphatic carbocycles. The molecule has 136 valence electrons. The Morgan fingerprint density at radius 1 is 1.00 bits per heavy atom. The first-order valence-electron chi connectivity index (χ1n) is 8.46. The lowest BCUT2D eigenvalue weighted by atomic mass is 10.1. The number of fused-ring (bicyclic) bond motifs is 1. The number of hydrogen-bond acceptors (Lipinski definition) is 3. The van der Waals surface area contributed by atoms with Gasteiger partial charge < -0.3 is 4.98 Å². The van der Waals surface area contributed by atoms with Crippen LogP contribution < -0.4 is 10.3 Å². The highest BCUT2D eigenvalue weighted by atomic mass is 32.2. The minimum atomic E-state index is -3.63. The highest BCUT2D eigenvalue weighted by molar-refractivity contribution is 7.89. The highest BCUT2D eigenvalue weighted by Gasteiger charge is 2.19. The van der Waals surface area contributed by atoms with Crippen molar-refractivity contribution in [1.82, 2.24) is 9.71 Å². The van der Waals surface area contributed by atoms with Crippen LogP contribution >= 0.6 is 0 Å². The van der Waals surface area contributed by atoms with Gasteiger partial charge in [0.2, 0.25) is 10.0 Å². The number of hydrogen-bond donors (Lipinski definition) is 2. The van der Waals surface area contributed by atoms with Crippen molar-refractivity contribution in [3.05, 3.63) is 75.1 Å².